The first kappa shape index (κ1) is 12.6. The third kappa shape index (κ3) is 3.60. The van der Waals surface area contributed by atoms with Gasteiger partial charge in [0.2, 0.25) is 0 Å². The van der Waals surface area contributed by atoms with Crippen LogP contribution in [0.15, 0.2) is 24.3 Å². The molecular formula is C11H14FNO3. The minimum atomic E-state index is -0.864. The molecule has 0 radical (unpaired) electrons. The van der Waals surface area contributed by atoms with Crippen molar-refractivity contribution in [3.63, 3.8) is 0 Å². The molecule has 0 fully saturated rings. The first-order valence-corrected chi connectivity index (χ1v) is 4.91. The van der Waals surface area contributed by atoms with Crippen molar-refractivity contribution in [3.05, 3.63) is 35.6 Å². The van der Waals surface area contributed by atoms with Crippen molar-refractivity contribution in [3.8, 4) is 0 Å². The maximum absolute atomic E-state index is 13.1. The van der Waals surface area contributed by atoms with Crippen LogP contribution < -0.4 is 5.73 Å². The van der Waals surface area contributed by atoms with Crippen LogP contribution in [0.2, 0.25) is 0 Å². The molecule has 88 valence electrons. The lowest BCUT2D eigenvalue weighted by molar-refractivity contribution is -0.147. The Kier molecular flexibility index (Phi) is 4.88. The van der Waals surface area contributed by atoms with Crippen LogP contribution in [0.25, 0.3) is 0 Å². The predicted octanol–water partition coefficient (Wildman–Crippen LogP) is 0.579. The number of halogens is 1. The van der Waals surface area contributed by atoms with Crippen LogP contribution in [0, 0.1) is 5.82 Å². The largest absolute Gasteiger partial charge is 0.460 e. The smallest absolute Gasteiger partial charge is 0.323 e. The fraction of sp³-hybridized carbons (Fsp3) is 0.364. The molecule has 16 heavy (non-hydrogen) atoms. The molecule has 3 N–H and O–H groups in total. The highest BCUT2D eigenvalue weighted by Crippen LogP contribution is 2.08. The summed E-state index contributed by atoms with van der Waals surface area (Å²) in [5.74, 6) is -1.07. The first-order chi connectivity index (χ1) is 7.65. The zero-order valence-electron chi connectivity index (χ0n) is 8.73. The molecule has 0 saturated carbocycles. The van der Waals surface area contributed by atoms with Crippen LogP contribution in [0.3, 0.4) is 0 Å². The summed E-state index contributed by atoms with van der Waals surface area (Å²) in [6.07, 6.45) is 0.135. The van der Waals surface area contributed by atoms with Crippen LogP contribution in [0.1, 0.15) is 12.0 Å². The fourth-order valence-electron chi connectivity index (χ4n) is 1.13. The molecule has 1 aromatic carbocycles. The lowest BCUT2D eigenvalue weighted by Crippen LogP contribution is -2.33. The van der Waals surface area contributed by atoms with Gasteiger partial charge < -0.3 is 15.6 Å². The molecule has 1 rings (SSSR count). The number of nitrogens with two attached hydrogens (primary N) is 1. The van der Waals surface area contributed by atoms with E-state index in [4.69, 9.17) is 15.6 Å². The van der Waals surface area contributed by atoms with E-state index in [-0.39, 0.29) is 19.6 Å². The highest BCUT2D eigenvalue weighted by atomic mass is 19.1. The van der Waals surface area contributed by atoms with Crippen molar-refractivity contribution in [2.24, 2.45) is 5.73 Å². The van der Waals surface area contributed by atoms with Gasteiger partial charge in [0.25, 0.3) is 0 Å². The molecule has 1 unspecified atom stereocenters. The molecule has 5 heteroatoms. The number of aliphatic hydroxyl groups is 1. The van der Waals surface area contributed by atoms with Crippen molar-refractivity contribution in [1.82, 2.24) is 0 Å². The quantitative estimate of drug-likeness (QED) is 0.722. The number of ether oxygens (including phenoxy) is 1. The van der Waals surface area contributed by atoms with Crippen LogP contribution in [-0.2, 0) is 16.1 Å². The van der Waals surface area contributed by atoms with Gasteiger partial charge in [-0.2, -0.15) is 0 Å². The van der Waals surface area contributed by atoms with Gasteiger partial charge in [-0.3, -0.25) is 4.79 Å². The molecule has 0 heterocycles. The summed E-state index contributed by atoms with van der Waals surface area (Å²) in [5, 5.41) is 8.57. The molecule has 0 aliphatic heterocycles. The maximum atomic E-state index is 13.1. The zero-order valence-corrected chi connectivity index (χ0v) is 8.73. The van der Waals surface area contributed by atoms with Crippen molar-refractivity contribution in [1.29, 1.82) is 0 Å². The summed E-state index contributed by atoms with van der Waals surface area (Å²) in [6, 6.07) is 5.16. The predicted molar refractivity (Wildman–Crippen MR) is 55.9 cm³/mol. The van der Waals surface area contributed by atoms with Crippen LogP contribution in [-0.4, -0.2) is 23.7 Å². The minimum Gasteiger partial charge on any atom is -0.460 e. The molecule has 0 bridgehead atoms. The number of esters is 1. The summed E-state index contributed by atoms with van der Waals surface area (Å²) in [7, 11) is 0. The molecule has 1 aromatic rings. The number of hydrogen-bond acceptors (Lipinski definition) is 4. The van der Waals surface area contributed by atoms with E-state index in [1.807, 2.05) is 0 Å². The molecular weight excluding hydrogens is 213 g/mol. The number of aliphatic hydroxyl groups excluding tert-OH is 1. The van der Waals surface area contributed by atoms with Gasteiger partial charge in [0.15, 0.2) is 0 Å². The van der Waals surface area contributed by atoms with Gasteiger partial charge in [-0.25, -0.2) is 4.39 Å². The second kappa shape index (κ2) is 6.19. The van der Waals surface area contributed by atoms with E-state index in [0.717, 1.165) is 0 Å². The van der Waals surface area contributed by atoms with Gasteiger partial charge in [0.1, 0.15) is 18.5 Å². The Labute approximate surface area is 92.8 Å². The van der Waals surface area contributed by atoms with Gasteiger partial charge >= 0.3 is 5.97 Å². The fourth-order valence-corrected chi connectivity index (χ4v) is 1.13. The molecule has 1 atom stereocenters. The average Bonchev–Trinajstić information content (AvgIpc) is 2.28. The lowest BCUT2D eigenvalue weighted by atomic mass is 10.2. The summed E-state index contributed by atoms with van der Waals surface area (Å²) >= 11 is 0. The van der Waals surface area contributed by atoms with Crippen LogP contribution >= 0.6 is 0 Å². The molecule has 0 spiro atoms. The molecule has 0 amide bonds. The van der Waals surface area contributed by atoms with Crippen LogP contribution in [0.5, 0.6) is 0 Å². The number of rotatable bonds is 5. The summed E-state index contributed by atoms with van der Waals surface area (Å²) in [4.78, 5) is 11.2. The summed E-state index contributed by atoms with van der Waals surface area (Å²) in [5.41, 5.74) is 5.70. The summed E-state index contributed by atoms with van der Waals surface area (Å²) < 4.78 is 17.9. The van der Waals surface area contributed by atoms with E-state index >= 15 is 0 Å². The molecule has 0 aliphatic rings. The van der Waals surface area contributed by atoms with E-state index < -0.39 is 17.8 Å². The standard InChI is InChI=1S/C11H14FNO3/c12-9-4-2-1-3-8(9)7-16-11(15)10(13)5-6-14/h1-4,10,14H,5-7,13H2. The number of benzene rings is 1. The lowest BCUT2D eigenvalue weighted by Gasteiger charge is -2.10. The van der Waals surface area contributed by atoms with Crippen molar-refractivity contribution >= 4 is 5.97 Å². The molecule has 0 aromatic heterocycles. The van der Waals surface area contributed by atoms with E-state index in [9.17, 15) is 9.18 Å². The van der Waals surface area contributed by atoms with Crippen LogP contribution in [0.4, 0.5) is 4.39 Å². The Morgan fingerprint density at radius 2 is 2.19 bits per heavy atom. The van der Waals surface area contributed by atoms with E-state index in [0.29, 0.717) is 5.56 Å². The Morgan fingerprint density at radius 1 is 1.50 bits per heavy atom. The molecule has 4 nitrogen and oxygen atoms in total. The number of carbonyl (C=O) groups excluding carboxylic acids is 1. The zero-order chi connectivity index (χ0) is 12.0. The summed E-state index contributed by atoms with van der Waals surface area (Å²) in [6.45, 7) is -0.333. The average molecular weight is 227 g/mol. The SMILES string of the molecule is NC(CCO)C(=O)OCc1ccccc1F. The van der Waals surface area contributed by atoms with E-state index in [2.05, 4.69) is 0 Å². The Balaban J connectivity index is 2.46. The second-order valence-corrected chi connectivity index (χ2v) is 3.32. The van der Waals surface area contributed by atoms with Gasteiger partial charge in [-0.1, -0.05) is 18.2 Å². The highest BCUT2D eigenvalue weighted by molar-refractivity contribution is 5.75. The minimum absolute atomic E-state index is 0.135. The highest BCUT2D eigenvalue weighted by Gasteiger charge is 2.14. The van der Waals surface area contributed by atoms with Crippen molar-refractivity contribution in [2.45, 2.75) is 19.1 Å². The number of hydrogen-bond donors (Lipinski definition) is 2. The third-order valence-corrected chi connectivity index (χ3v) is 2.07. The van der Waals surface area contributed by atoms with Gasteiger partial charge in [-0.15, -0.1) is 0 Å². The van der Waals surface area contributed by atoms with E-state index in [1.54, 1.807) is 12.1 Å². The van der Waals surface area contributed by atoms with Gasteiger partial charge in [0.05, 0.1) is 0 Å². The topological polar surface area (TPSA) is 72.5 Å². The van der Waals surface area contributed by atoms with E-state index in [1.165, 1.54) is 12.1 Å². The Bertz CT molecular complexity index is 357. The maximum Gasteiger partial charge on any atom is 0.323 e. The third-order valence-electron chi connectivity index (χ3n) is 2.07. The Morgan fingerprint density at radius 3 is 2.81 bits per heavy atom. The monoisotopic (exact) mass is 227 g/mol. The van der Waals surface area contributed by atoms with Crippen molar-refractivity contribution < 1.29 is 19.0 Å². The number of carbonyl (C=O) groups is 1. The van der Waals surface area contributed by atoms with Gasteiger partial charge in [0, 0.05) is 12.2 Å². The first-order valence-electron chi connectivity index (χ1n) is 4.91. The molecule has 0 aliphatic carbocycles. The van der Waals surface area contributed by atoms with Crippen molar-refractivity contribution in [2.75, 3.05) is 6.61 Å². The van der Waals surface area contributed by atoms with Gasteiger partial charge in [-0.05, 0) is 12.5 Å². The normalized spacial score (nSPS) is 12.2. The Hall–Kier alpha value is -1.46. The second-order valence-electron chi connectivity index (χ2n) is 3.32. The molecule has 0 saturated heterocycles.